The molecule has 1 aliphatic heterocycles. The van der Waals surface area contributed by atoms with E-state index < -0.39 is 0 Å². The van der Waals surface area contributed by atoms with E-state index >= 15 is 0 Å². The van der Waals surface area contributed by atoms with Crippen LogP contribution in [0.3, 0.4) is 0 Å². The molecule has 20 heavy (non-hydrogen) atoms. The summed E-state index contributed by atoms with van der Waals surface area (Å²) in [7, 11) is 0. The van der Waals surface area contributed by atoms with Gasteiger partial charge in [0.25, 0.3) is 0 Å². The normalized spacial score (nSPS) is 19.1. The molecule has 0 spiro atoms. The smallest absolute Gasteiger partial charge is 0.223 e. The summed E-state index contributed by atoms with van der Waals surface area (Å²) in [5.41, 5.74) is 1.18. The fourth-order valence-electron chi connectivity index (χ4n) is 2.87. The summed E-state index contributed by atoms with van der Waals surface area (Å²) in [5.74, 6) is 0.225. The van der Waals surface area contributed by atoms with E-state index in [-0.39, 0.29) is 18.6 Å². The van der Waals surface area contributed by atoms with Crippen molar-refractivity contribution in [2.45, 2.75) is 44.6 Å². The minimum Gasteiger partial charge on any atom is -0.396 e. The van der Waals surface area contributed by atoms with Crippen molar-refractivity contribution in [1.82, 2.24) is 4.90 Å². The fourth-order valence-corrected chi connectivity index (χ4v) is 3.31. The lowest BCUT2D eigenvalue weighted by atomic mass is 9.98. The largest absolute Gasteiger partial charge is 0.396 e. The molecule has 1 atom stereocenters. The quantitative estimate of drug-likeness (QED) is 0.895. The van der Waals surface area contributed by atoms with Crippen molar-refractivity contribution in [2.75, 3.05) is 13.2 Å². The minimum absolute atomic E-state index is 0.167. The number of likely N-dealkylation sites (tertiary alicyclic amines) is 1. The molecule has 110 valence electrons. The Kier molecular flexibility index (Phi) is 6.05. The molecule has 1 aromatic rings. The van der Waals surface area contributed by atoms with Crippen LogP contribution in [0.1, 0.15) is 37.7 Å². The maximum Gasteiger partial charge on any atom is 0.223 e. The summed E-state index contributed by atoms with van der Waals surface area (Å²) in [5, 5.41) is 9.11. The van der Waals surface area contributed by atoms with Gasteiger partial charge in [-0.3, -0.25) is 4.79 Å². The molecule has 3 nitrogen and oxygen atoms in total. The Morgan fingerprint density at radius 2 is 2.25 bits per heavy atom. The maximum atomic E-state index is 12.4. The molecule has 1 saturated heterocycles. The van der Waals surface area contributed by atoms with E-state index in [4.69, 9.17) is 5.11 Å². The van der Waals surface area contributed by atoms with Crippen molar-refractivity contribution in [3.63, 3.8) is 0 Å². The van der Waals surface area contributed by atoms with Crippen molar-refractivity contribution in [3.05, 3.63) is 34.3 Å². The average Bonchev–Trinajstić information content (AvgIpc) is 2.46. The number of amides is 1. The van der Waals surface area contributed by atoms with Gasteiger partial charge in [0.15, 0.2) is 0 Å². The summed E-state index contributed by atoms with van der Waals surface area (Å²) in [4.78, 5) is 14.4. The number of carbonyl (C=O) groups is 1. The van der Waals surface area contributed by atoms with Gasteiger partial charge in [0.2, 0.25) is 5.91 Å². The van der Waals surface area contributed by atoms with Gasteiger partial charge in [0, 0.05) is 30.1 Å². The minimum atomic E-state index is 0.167. The summed E-state index contributed by atoms with van der Waals surface area (Å²) in [6.07, 6.45) is 5.33. The van der Waals surface area contributed by atoms with Gasteiger partial charge in [-0.25, -0.2) is 0 Å². The van der Waals surface area contributed by atoms with Gasteiger partial charge in [-0.15, -0.1) is 0 Å². The van der Waals surface area contributed by atoms with E-state index in [9.17, 15) is 4.79 Å². The lowest BCUT2D eigenvalue weighted by molar-refractivity contribution is -0.135. The van der Waals surface area contributed by atoms with Crippen LogP contribution in [0.2, 0.25) is 0 Å². The predicted octanol–water partition coefficient (Wildman–Crippen LogP) is 3.15. The highest BCUT2D eigenvalue weighted by atomic mass is 79.9. The molecule has 4 heteroatoms. The van der Waals surface area contributed by atoms with Crippen molar-refractivity contribution < 1.29 is 9.90 Å². The first-order valence-electron chi connectivity index (χ1n) is 7.35. The molecule has 1 amide bonds. The van der Waals surface area contributed by atoms with Crippen LogP contribution >= 0.6 is 15.9 Å². The van der Waals surface area contributed by atoms with Crippen LogP contribution in [0.25, 0.3) is 0 Å². The summed E-state index contributed by atoms with van der Waals surface area (Å²) >= 11 is 3.45. The van der Waals surface area contributed by atoms with Crippen molar-refractivity contribution in [3.8, 4) is 0 Å². The molecule has 2 rings (SSSR count). The second-order valence-electron chi connectivity index (χ2n) is 5.38. The molecule has 0 bridgehead atoms. The van der Waals surface area contributed by atoms with Gasteiger partial charge in [0.1, 0.15) is 0 Å². The van der Waals surface area contributed by atoms with Crippen LogP contribution in [0.15, 0.2) is 28.7 Å². The average molecular weight is 340 g/mol. The summed E-state index contributed by atoms with van der Waals surface area (Å²) in [6, 6.07) is 8.35. The Labute approximate surface area is 129 Å². The van der Waals surface area contributed by atoms with Crippen molar-refractivity contribution in [1.29, 1.82) is 0 Å². The van der Waals surface area contributed by atoms with Gasteiger partial charge in [-0.1, -0.05) is 28.1 Å². The van der Waals surface area contributed by atoms with Gasteiger partial charge in [0.05, 0.1) is 0 Å². The molecule has 1 N–H and O–H groups in total. The zero-order valence-electron chi connectivity index (χ0n) is 11.7. The zero-order valence-corrected chi connectivity index (χ0v) is 13.3. The number of hydrogen-bond acceptors (Lipinski definition) is 2. The second kappa shape index (κ2) is 7.79. The van der Waals surface area contributed by atoms with E-state index in [1.54, 1.807) is 0 Å². The zero-order chi connectivity index (χ0) is 14.4. The molecular formula is C16H22BrNO2. The van der Waals surface area contributed by atoms with Crippen LogP contribution in [-0.4, -0.2) is 35.1 Å². The predicted molar refractivity (Wildman–Crippen MR) is 83.5 cm³/mol. The Morgan fingerprint density at radius 3 is 3.00 bits per heavy atom. The van der Waals surface area contributed by atoms with E-state index in [1.807, 2.05) is 17.0 Å². The molecule has 1 unspecified atom stereocenters. The van der Waals surface area contributed by atoms with Crippen molar-refractivity contribution in [2.24, 2.45) is 0 Å². The van der Waals surface area contributed by atoms with E-state index in [1.165, 1.54) is 12.0 Å². The van der Waals surface area contributed by atoms with Gasteiger partial charge >= 0.3 is 0 Å². The van der Waals surface area contributed by atoms with Crippen LogP contribution in [0.4, 0.5) is 0 Å². The first kappa shape index (κ1) is 15.5. The highest BCUT2D eigenvalue weighted by Gasteiger charge is 2.25. The van der Waals surface area contributed by atoms with Crippen LogP contribution < -0.4 is 0 Å². The monoisotopic (exact) mass is 339 g/mol. The number of carbonyl (C=O) groups excluding carboxylic acids is 1. The van der Waals surface area contributed by atoms with Gasteiger partial charge < -0.3 is 10.0 Å². The van der Waals surface area contributed by atoms with Crippen LogP contribution in [0, 0.1) is 0 Å². The first-order valence-corrected chi connectivity index (χ1v) is 8.15. The summed E-state index contributed by atoms with van der Waals surface area (Å²) < 4.78 is 1.05. The standard InChI is InChI=1S/C16H22BrNO2/c17-14-5-3-4-13(12-14)7-8-16(20)18-10-2-1-6-15(18)9-11-19/h3-5,12,15,19H,1-2,6-11H2. The Balaban J connectivity index is 1.89. The molecule has 1 fully saturated rings. The molecule has 1 heterocycles. The molecule has 0 aromatic heterocycles. The Hall–Kier alpha value is -0.870. The van der Waals surface area contributed by atoms with Crippen LogP contribution in [-0.2, 0) is 11.2 Å². The van der Waals surface area contributed by atoms with E-state index in [0.29, 0.717) is 12.8 Å². The fraction of sp³-hybridized carbons (Fsp3) is 0.562. The lowest BCUT2D eigenvalue weighted by Gasteiger charge is -2.35. The number of benzene rings is 1. The maximum absolute atomic E-state index is 12.4. The molecular weight excluding hydrogens is 318 g/mol. The summed E-state index contributed by atoms with van der Waals surface area (Å²) in [6.45, 7) is 1.02. The number of nitrogens with zero attached hydrogens (tertiary/aromatic N) is 1. The first-order chi connectivity index (χ1) is 9.70. The van der Waals surface area contributed by atoms with Crippen molar-refractivity contribution >= 4 is 21.8 Å². The third kappa shape index (κ3) is 4.32. The van der Waals surface area contributed by atoms with Gasteiger partial charge in [-0.05, 0) is 49.8 Å². The molecule has 0 saturated carbocycles. The number of rotatable bonds is 5. The number of aliphatic hydroxyl groups excluding tert-OH is 1. The number of aryl methyl sites for hydroxylation is 1. The molecule has 0 radical (unpaired) electrons. The van der Waals surface area contributed by atoms with E-state index in [2.05, 4.69) is 28.1 Å². The van der Waals surface area contributed by atoms with Crippen LogP contribution in [0.5, 0.6) is 0 Å². The Morgan fingerprint density at radius 1 is 1.40 bits per heavy atom. The topological polar surface area (TPSA) is 40.5 Å². The SMILES string of the molecule is O=C(CCc1cccc(Br)c1)N1CCCCC1CCO. The lowest BCUT2D eigenvalue weighted by Crippen LogP contribution is -2.44. The third-order valence-electron chi connectivity index (χ3n) is 3.93. The highest BCUT2D eigenvalue weighted by Crippen LogP contribution is 2.21. The highest BCUT2D eigenvalue weighted by molar-refractivity contribution is 9.10. The molecule has 1 aliphatic rings. The second-order valence-corrected chi connectivity index (χ2v) is 6.29. The number of aliphatic hydroxyl groups is 1. The Bertz CT molecular complexity index is 448. The third-order valence-corrected chi connectivity index (χ3v) is 4.42. The molecule has 1 aromatic carbocycles. The molecule has 0 aliphatic carbocycles. The van der Waals surface area contributed by atoms with Gasteiger partial charge in [-0.2, -0.15) is 0 Å². The van der Waals surface area contributed by atoms with E-state index in [0.717, 1.165) is 30.3 Å². The number of halogens is 1. The number of hydrogen-bond donors (Lipinski definition) is 1. The number of piperidine rings is 1.